The van der Waals surface area contributed by atoms with Gasteiger partial charge >= 0.3 is 0 Å². The van der Waals surface area contributed by atoms with Gasteiger partial charge in [-0.25, -0.2) is 4.98 Å². The van der Waals surface area contributed by atoms with Crippen molar-refractivity contribution in [3.8, 4) is 0 Å². The van der Waals surface area contributed by atoms with E-state index in [2.05, 4.69) is 29.5 Å². The van der Waals surface area contributed by atoms with Gasteiger partial charge in [-0.2, -0.15) is 0 Å². The lowest BCUT2D eigenvalue weighted by Gasteiger charge is -2.27. The third-order valence-electron chi connectivity index (χ3n) is 3.26. The highest BCUT2D eigenvalue weighted by Gasteiger charge is 2.31. The molecule has 0 radical (unpaired) electrons. The van der Waals surface area contributed by atoms with Gasteiger partial charge in [0.1, 0.15) is 10.6 Å². The summed E-state index contributed by atoms with van der Waals surface area (Å²) in [5.74, 6) is 0. The fourth-order valence-corrected chi connectivity index (χ4v) is 3.06. The molecule has 0 aliphatic carbocycles. The number of hydrogen-bond acceptors (Lipinski definition) is 5. The van der Waals surface area contributed by atoms with Crippen LogP contribution in [0.25, 0.3) is 0 Å². The second-order valence-electron chi connectivity index (χ2n) is 4.22. The Kier molecular flexibility index (Phi) is 6.78. The Morgan fingerprint density at radius 3 is 2.61 bits per heavy atom. The van der Waals surface area contributed by atoms with Gasteiger partial charge in [-0.1, -0.05) is 13.8 Å². The van der Waals surface area contributed by atoms with Gasteiger partial charge in [-0.05, 0) is 12.8 Å². The van der Waals surface area contributed by atoms with Crippen molar-refractivity contribution in [1.82, 2.24) is 10.3 Å². The van der Waals surface area contributed by atoms with Crippen molar-refractivity contribution >= 4 is 11.3 Å². The summed E-state index contributed by atoms with van der Waals surface area (Å²) in [6, 6.07) is 0. The van der Waals surface area contributed by atoms with E-state index >= 15 is 0 Å². The molecular weight excluding hydrogens is 248 g/mol. The van der Waals surface area contributed by atoms with Crippen LogP contribution in [0.2, 0.25) is 0 Å². The SMILES string of the molecule is CCC(CC)(OC)c1nc(CNCCOC)cs1. The Morgan fingerprint density at radius 1 is 1.33 bits per heavy atom. The first-order valence-corrected chi connectivity index (χ1v) is 7.30. The van der Waals surface area contributed by atoms with Crippen molar-refractivity contribution in [1.29, 1.82) is 0 Å². The smallest absolute Gasteiger partial charge is 0.125 e. The van der Waals surface area contributed by atoms with Gasteiger partial charge in [0.2, 0.25) is 0 Å². The average Bonchev–Trinajstić information content (AvgIpc) is 2.87. The average molecular weight is 272 g/mol. The lowest BCUT2D eigenvalue weighted by atomic mass is 9.98. The number of nitrogens with one attached hydrogen (secondary N) is 1. The van der Waals surface area contributed by atoms with Crippen LogP contribution in [0.3, 0.4) is 0 Å². The van der Waals surface area contributed by atoms with Crippen molar-refractivity contribution in [2.24, 2.45) is 0 Å². The third-order valence-corrected chi connectivity index (χ3v) is 4.34. The summed E-state index contributed by atoms with van der Waals surface area (Å²) < 4.78 is 10.7. The van der Waals surface area contributed by atoms with Crippen molar-refractivity contribution < 1.29 is 9.47 Å². The normalized spacial score (nSPS) is 12.0. The van der Waals surface area contributed by atoms with Gasteiger partial charge in [0.05, 0.1) is 12.3 Å². The van der Waals surface area contributed by atoms with E-state index in [1.165, 1.54) is 0 Å². The molecule has 0 fully saturated rings. The predicted octanol–water partition coefficient (Wildman–Crippen LogP) is 2.54. The van der Waals surface area contributed by atoms with Crippen LogP contribution in [-0.4, -0.2) is 32.4 Å². The molecule has 0 atom stereocenters. The fraction of sp³-hybridized carbons (Fsp3) is 0.769. The Morgan fingerprint density at radius 2 is 2.06 bits per heavy atom. The largest absolute Gasteiger partial charge is 0.383 e. The van der Waals surface area contributed by atoms with Gasteiger partial charge in [0.25, 0.3) is 0 Å². The molecule has 1 rings (SSSR count). The highest BCUT2D eigenvalue weighted by Crippen LogP contribution is 2.34. The summed E-state index contributed by atoms with van der Waals surface area (Å²) in [6.07, 6.45) is 1.90. The molecule has 1 aromatic heterocycles. The summed E-state index contributed by atoms with van der Waals surface area (Å²) in [5, 5.41) is 6.49. The molecule has 0 spiro atoms. The maximum absolute atomic E-state index is 5.69. The molecule has 1 N–H and O–H groups in total. The molecule has 4 nitrogen and oxygen atoms in total. The molecule has 0 aliphatic heterocycles. The van der Waals surface area contributed by atoms with E-state index in [1.54, 1.807) is 25.6 Å². The second-order valence-corrected chi connectivity index (χ2v) is 5.08. The van der Waals surface area contributed by atoms with Crippen LogP contribution in [0.4, 0.5) is 0 Å². The van der Waals surface area contributed by atoms with Crippen LogP contribution >= 0.6 is 11.3 Å². The van der Waals surface area contributed by atoms with Gasteiger partial charge in [-0.15, -0.1) is 11.3 Å². The Bertz CT molecular complexity index is 329. The lowest BCUT2D eigenvalue weighted by Crippen LogP contribution is -2.26. The minimum Gasteiger partial charge on any atom is -0.383 e. The number of ether oxygens (including phenoxy) is 2. The summed E-state index contributed by atoms with van der Waals surface area (Å²) >= 11 is 1.69. The van der Waals surface area contributed by atoms with Crippen molar-refractivity contribution in [3.05, 3.63) is 16.1 Å². The molecule has 0 saturated heterocycles. The number of hydrogen-bond donors (Lipinski definition) is 1. The zero-order valence-corrected chi connectivity index (χ0v) is 12.6. The van der Waals surface area contributed by atoms with Gasteiger partial charge in [0.15, 0.2) is 0 Å². The molecule has 1 aromatic rings. The minimum absolute atomic E-state index is 0.213. The summed E-state index contributed by atoms with van der Waals surface area (Å²) in [6.45, 7) is 6.65. The Balaban J connectivity index is 2.61. The first-order valence-electron chi connectivity index (χ1n) is 6.42. The standard InChI is InChI=1S/C13H24N2O2S/c1-5-13(6-2,17-4)12-15-11(10-18-12)9-14-7-8-16-3/h10,14H,5-9H2,1-4H3. The number of thiazole rings is 1. The van der Waals surface area contributed by atoms with Crippen LogP contribution in [0.1, 0.15) is 37.4 Å². The first kappa shape index (κ1) is 15.6. The zero-order valence-electron chi connectivity index (χ0n) is 11.8. The van der Waals surface area contributed by atoms with Crippen LogP contribution in [0, 0.1) is 0 Å². The number of nitrogens with zero attached hydrogens (tertiary/aromatic N) is 1. The molecule has 5 heteroatoms. The Labute approximate surface area is 114 Å². The van der Waals surface area contributed by atoms with Gasteiger partial charge in [-0.3, -0.25) is 0 Å². The quantitative estimate of drug-likeness (QED) is 0.702. The second kappa shape index (κ2) is 7.84. The maximum atomic E-state index is 5.69. The molecule has 0 amide bonds. The molecule has 18 heavy (non-hydrogen) atoms. The third kappa shape index (κ3) is 3.75. The molecule has 1 heterocycles. The summed E-state index contributed by atoms with van der Waals surface area (Å²) in [4.78, 5) is 4.68. The number of rotatable bonds is 9. The molecule has 0 saturated carbocycles. The Hall–Kier alpha value is -0.490. The highest BCUT2D eigenvalue weighted by molar-refractivity contribution is 7.09. The molecular formula is C13H24N2O2S. The minimum atomic E-state index is -0.213. The van der Waals surface area contributed by atoms with Gasteiger partial charge in [0, 0.05) is 32.7 Å². The summed E-state index contributed by atoms with van der Waals surface area (Å²) in [5.41, 5.74) is 0.865. The van der Waals surface area contributed by atoms with Crippen molar-refractivity contribution in [3.63, 3.8) is 0 Å². The van der Waals surface area contributed by atoms with E-state index < -0.39 is 0 Å². The zero-order chi connectivity index (χ0) is 13.4. The van der Waals surface area contributed by atoms with E-state index in [-0.39, 0.29) is 5.60 Å². The molecule has 0 unspecified atom stereocenters. The van der Waals surface area contributed by atoms with Crippen LogP contribution in [-0.2, 0) is 21.6 Å². The predicted molar refractivity (Wildman–Crippen MR) is 75.0 cm³/mol. The van der Waals surface area contributed by atoms with E-state index in [4.69, 9.17) is 9.47 Å². The highest BCUT2D eigenvalue weighted by atomic mass is 32.1. The van der Waals surface area contributed by atoms with Crippen molar-refractivity contribution in [2.45, 2.75) is 38.8 Å². The lowest BCUT2D eigenvalue weighted by molar-refractivity contribution is -0.0219. The molecule has 0 aliphatic rings. The number of aromatic nitrogens is 1. The van der Waals surface area contributed by atoms with Crippen LogP contribution in [0.15, 0.2) is 5.38 Å². The van der Waals surface area contributed by atoms with E-state index in [0.29, 0.717) is 0 Å². The van der Waals surface area contributed by atoms with E-state index in [9.17, 15) is 0 Å². The number of methoxy groups -OCH3 is 2. The first-order chi connectivity index (χ1) is 8.72. The molecule has 0 bridgehead atoms. The molecule has 104 valence electrons. The topological polar surface area (TPSA) is 43.4 Å². The van der Waals surface area contributed by atoms with Crippen LogP contribution < -0.4 is 5.32 Å². The van der Waals surface area contributed by atoms with Crippen LogP contribution in [0.5, 0.6) is 0 Å². The maximum Gasteiger partial charge on any atom is 0.125 e. The monoisotopic (exact) mass is 272 g/mol. The summed E-state index contributed by atoms with van der Waals surface area (Å²) in [7, 11) is 3.48. The van der Waals surface area contributed by atoms with Gasteiger partial charge < -0.3 is 14.8 Å². The van der Waals surface area contributed by atoms with E-state index in [0.717, 1.165) is 43.2 Å². The fourth-order valence-electron chi connectivity index (χ4n) is 1.92. The van der Waals surface area contributed by atoms with E-state index in [1.807, 2.05) is 0 Å². The molecule has 0 aromatic carbocycles. The van der Waals surface area contributed by atoms with Crippen molar-refractivity contribution in [2.75, 3.05) is 27.4 Å².